The molecule has 1 spiro atoms. The van der Waals surface area contributed by atoms with Crippen molar-refractivity contribution in [2.45, 2.75) is 45.3 Å². The Bertz CT molecular complexity index is 649. The van der Waals surface area contributed by atoms with Gasteiger partial charge in [0.1, 0.15) is 11.4 Å². The molecule has 130 valence electrons. The average molecular weight is 328 g/mol. The number of nitrogens with zero attached hydrogens (tertiary/aromatic N) is 2. The number of hydrogen-bond acceptors (Lipinski definition) is 3. The maximum atomic E-state index is 13.0. The van der Waals surface area contributed by atoms with Crippen LogP contribution in [0, 0.1) is 18.8 Å². The van der Waals surface area contributed by atoms with Crippen molar-refractivity contribution in [1.29, 1.82) is 0 Å². The SMILES string of the molecule is Cc1ccc2c(c1)CN(C(=O)[C@H]1C[C@H]1C)CC1(CCN(C)CC1)O2. The lowest BCUT2D eigenvalue weighted by Gasteiger charge is -2.41. The fraction of sp³-hybridized carbons (Fsp3) is 0.650. The third kappa shape index (κ3) is 2.92. The first-order valence-corrected chi connectivity index (χ1v) is 9.22. The summed E-state index contributed by atoms with van der Waals surface area (Å²) in [6.07, 6.45) is 3.02. The Morgan fingerprint density at radius 3 is 2.67 bits per heavy atom. The number of likely N-dealkylation sites (tertiary alicyclic amines) is 1. The molecule has 24 heavy (non-hydrogen) atoms. The van der Waals surface area contributed by atoms with Crippen LogP contribution >= 0.6 is 0 Å². The lowest BCUT2D eigenvalue weighted by Crippen LogP contribution is -2.53. The molecule has 3 aliphatic rings. The fourth-order valence-electron chi connectivity index (χ4n) is 4.15. The second-order valence-electron chi connectivity index (χ2n) is 8.21. The van der Waals surface area contributed by atoms with E-state index in [4.69, 9.17) is 4.74 Å². The van der Waals surface area contributed by atoms with Crippen molar-refractivity contribution in [2.24, 2.45) is 11.8 Å². The molecule has 4 nitrogen and oxygen atoms in total. The third-order valence-electron chi connectivity index (χ3n) is 6.02. The molecule has 4 rings (SSSR count). The van der Waals surface area contributed by atoms with Gasteiger partial charge < -0.3 is 14.5 Å². The molecule has 2 fully saturated rings. The van der Waals surface area contributed by atoms with Crippen molar-refractivity contribution in [3.05, 3.63) is 29.3 Å². The number of hydrogen-bond donors (Lipinski definition) is 0. The van der Waals surface area contributed by atoms with E-state index in [-0.39, 0.29) is 11.5 Å². The Hall–Kier alpha value is -1.55. The van der Waals surface area contributed by atoms with Crippen molar-refractivity contribution in [2.75, 3.05) is 26.7 Å². The molecule has 1 aliphatic carbocycles. The molecule has 0 aromatic heterocycles. The second kappa shape index (κ2) is 5.76. The first-order valence-electron chi connectivity index (χ1n) is 9.22. The maximum absolute atomic E-state index is 13.0. The molecular formula is C20H28N2O2. The summed E-state index contributed by atoms with van der Waals surface area (Å²) < 4.78 is 6.58. The van der Waals surface area contributed by atoms with Crippen molar-refractivity contribution < 1.29 is 9.53 Å². The Kier molecular flexibility index (Phi) is 3.83. The minimum atomic E-state index is -0.221. The van der Waals surface area contributed by atoms with Gasteiger partial charge in [-0.1, -0.05) is 24.6 Å². The number of ether oxygens (including phenoxy) is 1. The largest absolute Gasteiger partial charge is 0.485 e. The van der Waals surface area contributed by atoms with Crippen LogP contribution in [0.4, 0.5) is 0 Å². The molecule has 1 saturated carbocycles. The van der Waals surface area contributed by atoms with Gasteiger partial charge in [0.2, 0.25) is 5.91 Å². The van der Waals surface area contributed by atoms with Crippen molar-refractivity contribution in [3.8, 4) is 5.75 Å². The van der Waals surface area contributed by atoms with Crippen LogP contribution in [-0.2, 0) is 11.3 Å². The highest BCUT2D eigenvalue weighted by Crippen LogP contribution is 2.42. The smallest absolute Gasteiger partial charge is 0.226 e. The summed E-state index contributed by atoms with van der Waals surface area (Å²) in [7, 11) is 2.16. The standard InChI is InChI=1S/C20H28N2O2/c1-14-4-5-18-16(10-14)12-22(19(23)17-11-15(17)2)13-20(24-18)6-8-21(3)9-7-20/h4-5,10,15,17H,6-9,11-13H2,1-3H3/t15-,17+/m1/s1. The number of aryl methyl sites for hydroxylation is 1. The van der Waals surface area contributed by atoms with Crippen LogP contribution in [0.2, 0.25) is 0 Å². The highest BCUT2D eigenvalue weighted by Gasteiger charge is 2.46. The van der Waals surface area contributed by atoms with E-state index in [2.05, 4.69) is 48.9 Å². The Balaban J connectivity index is 1.66. The molecule has 0 radical (unpaired) electrons. The van der Waals surface area contributed by atoms with Gasteiger partial charge in [-0.15, -0.1) is 0 Å². The number of rotatable bonds is 1. The molecule has 1 amide bonds. The minimum Gasteiger partial charge on any atom is -0.485 e. The summed E-state index contributed by atoms with van der Waals surface area (Å²) in [4.78, 5) is 17.4. The average Bonchev–Trinajstić information content (AvgIpc) is 3.30. The lowest BCUT2D eigenvalue weighted by atomic mass is 9.90. The monoisotopic (exact) mass is 328 g/mol. The van der Waals surface area contributed by atoms with Crippen molar-refractivity contribution >= 4 is 5.91 Å². The predicted molar refractivity (Wildman–Crippen MR) is 94.0 cm³/mol. The van der Waals surface area contributed by atoms with Crippen LogP contribution in [-0.4, -0.2) is 48.0 Å². The minimum absolute atomic E-state index is 0.221. The van der Waals surface area contributed by atoms with E-state index >= 15 is 0 Å². The van der Waals surface area contributed by atoms with E-state index < -0.39 is 0 Å². The van der Waals surface area contributed by atoms with Gasteiger partial charge in [-0.3, -0.25) is 4.79 Å². The van der Waals surface area contributed by atoms with Crippen molar-refractivity contribution in [3.63, 3.8) is 0 Å². The van der Waals surface area contributed by atoms with E-state index in [0.717, 1.165) is 50.2 Å². The highest BCUT2D eigenvalue weighted by molar-refractivity contribution is 5.82. The van der Waals surface area contributed by atoms with Crippen molar-refractivity contribution in [1.82, 2.24) is 9.80 Å². The zero-order valence-electron chi connectivity index (χ0n) is 15.0. The van der Waals surface area contributed by atoms with Gasteiger partial charge in [-0.2, -0.15) is 0 Å². The molecule has 2 heterocycles. The molecule has 0 unspecified atom stereocenters. The van der Waals surface area contributed by atoms with Crippen LogP contribution in [0.15, 0.2) is 18.2 Å². The molecule has 0 N–H and O–H groups in total. The van der Waals surface area contributed by atoms with E-state index in [1.54, 1.807) is 0 Å². The number of fused-ring (bicyclic) bond motifs is 1. The third-order valence-corrected chi connectivity index (χ3v) is 6.02. The molecule has 0 bridgehead atoms. The summed E-state index contributed by atoms with van der Waals surface area (Å²) in [6, 6.07) is 6.39. The van der Waals surface area contributed by atoms with Crippen LogP contribution in [0.5, 0.6) is 5.75 Å². The highest BCUT2D eigenvalue weighted by atomic mass is 16.5. The number of benzene rings is 1. The molecular weight excluding hydrogens is 300 g/mol. The Morgan fingerprint density at radius 2 is 2.00 bits per heavy atom. The molecule has 1 aromatic carbocycles. The molecule has 4 heteroatoms. The first kappa shape index (κ1) is 15.9. The van der Waals surface area contributed by atoms with Gasteiger partial charge in [0.05, 0.1) is 6.54 Å². The Morgan fingerprint density at radius 1 is 1.29 bits per heavy atom. The molecule has 1 saturated heterocycles. The van der Waals surface area contributed by atoms with Crippen LogP contribution in [0.3, 0.4) is 0 Å². The Labute approximate surface area is 144 Å². The zero-order chi connectivity index (χ0) is 16.9. The summed E-state index contributed by atoms with van der Waals surface area (Å²) in [5, 5.41) is 0. The number of carbonyl (C=O) groups excluding carboxylic acids is 1. The van der Waals surface area contributed by atoms with E-state index in [9.17, 15) is 4.79 Å². The van der Waals surface area contributed by atoms with Gasteiger partial charge in [0.25, 0.3) is 0 Å². The predicted octanol–water partition coefficient (Wildman–Crippen LogP) is 2.84. The van der Waals surface area contributed by atoms with Crippen LogP contribution in [0.1, 0.15) is 37.3 Å². The summed E-state index contributed by atoms with van der Waals surface area (Å²) >= 11 is 0. The quantitative estimate of drug-likeness (QED) is 0.795. The van der Waals surface area contributed by atoms with Gasteiger partial charge in [-0.05, 0) is 32.4 Å². The maximum Gasteiger partial charge on any atom is 0.226 e. The van der Waals surface area contributed by atoms with Gasteiger partial charge in [-0.25, -0.2) is 0 Å². The van der Waals surface area contributed by atoms with Gasteiger partial charge in [0, 0.05) is 44.0 Å². The van der Waals surface area contributed by atoms with Gasteiger partial charge >= 0.3 is 0 Å². The first-order chi connectivity index (χ1) is 11.5. The number of carbonyl (C=O) groups is 1. The topological polar surface area (TPSA) is 32.8 Å². The molecule has 1 aromatic rings. The normalized spacial score (nSPS) is 28.9. The number of piperidine rings is 1. The van der Waals surface area contributed by atoms with E-state index in [1.165, 1.54) is 5.56 Å². The fourth-order valence-corrected chi connectivity index (χ4v) is 4.15. The zero-order valence-corrected chi connectivity index (χ0v) is 15.0. The van der Waals surface area contributed by atoms with Crippen LogP contribution in [0.25, 0.3) is 0 Å². The summed E-state index contributed by atoms with van der Waals surface area (Å²) in [5.74, 6) is 2.09. The number of amides is 1. The van der Waals surface area contributed by atoms with Crippen LogP contribution < -0.4 is 4.74 Å². The van der Waals surface area contributed by atoms with Gasteiger partial charge in [0.15, 0.2) is 0 Å². The lowest BCUT2D eigenvalue weighted by molar-refractivity contribution is -0.136. The van der Waals surface area contributed by atoms with E-state index in [0.29, 0.717) is 18.4 Å². The summed E-state index contributed by atoms with van der Waals surface area (Å²) in [5.41, 5.74) is 2.16. The summed E-state index contributed by atoms with van der Waals surface area (Å²) in [6.45, 7) is 7.77. The van der Waals surface area contributed by atoms with E-state index in [1.807, 2.05) is 0 Å². The second-order valence-corrected chi connectivity index (χ2v) is 8.21. The molecule has 2 atom stereocenters. The molecule has 2 aliphatic heterocycles.